The highest BCUT2D eigenvalue weighted by Crippen LogP contribution is 2.31. The number of halogens is 3. The molecule has 6 nitrogen and oxygen atoms in total. The molecule has 0 radical (unpaired) electrons. The molecule has 2 aromatic carbocycles. The van der Waals surface area contributed by atoms with Crippen molar-refractivity contribution < 1.29 is 27.4 Å². The second kappa shape index (κ2) is 9.33. The smallest absolute Gasteiger partial charge is 0.416 e. The van der Waals surface area contributed by atoms with Crippen LogP contribution in [0.1, 0.15) is 28.4 Å². The van der Waals surface area contributed by atoms with Gasteiger partial charge in [-0.1, -0.05) is 6.07 Å². The number of carbonyl (C=O) groups excluding carboxylic acids is 1. The number of pyridine rings is 1. The van der Waals surface area contributed by atoms with Crippen LogP contribution in [-0.2, 0) is 19.1 Å². The molecule has 0 atom stereocenters. The Labute approximate surface area is 182 Å². The second-order valence-electron chi connectivity index (χ2n) is 7.08. The molecule has 1 aromatic heterocycles. The molecule has 3 aromatic rings. The van der Waals surface area contributed by atoms with E-state index in [9.17, 15) is 22.8 Å². The van der Waals surface area contributed by atoms with Crippen LogP contribution >= 0.6 is 0 Å². The highest BCUT2D eigenvalue weighted by atomic mass is 19.4. The SMILES string of the molecule is CCn1cc(C(=O)NCCc2ccc(OC)c(OC)c2)c(=O)c2cc(C(F)(F)F)ccc21. The van der Waals surface area contributed by atoms with E-state index < -0.39 is 23.1 Å². The molecule has 32 heavy (non-hydrogen) atoms. The van der Waals surface area contributed by atoms with E-state index in [2.05, 4.69) is 5.32 Å². The fourth-order valence-corrected chi connectivity index (χ4v) is 3.45. The van der Waals surface area contributed by atoms with Gasteiger partial charge in [-0.3, -0.25) is 9.59 Å². The van der Waals surface area contributed by atoms with E-state index in [-0.39, 0.29) is 17.5 Å². The summed E-state index contributed by atoms with van der Waals surface area (Å²) >= 11 is 0. The number of aromatic nitrogens is 1. The highest BCUT2D eigenvalue weighted by Gasteiger charge is 2.31. The van der Waals surface area contributed by atoms with Gasteiger partial charge < -0.3 is 19.4 Å². The molecule has 0 aliphatic heterocycles. The predicted molar refractivity (Wildman–Crippen MR) is 114 cm³/mol. The average Bonchev–Trinajstić information content (AvgIpc) is 2.78. The minimum absolute atomic E-state index is 0.144. The molecule has 0 unspecified atom stereocenters. The van der Waals surface area contributed by atoms with E-state index in [4.69, 9.17) is 9.47 Å². The monoisotopic (exact) mass is 448 g/mol. The Balaban J connectivity index is 1.84. The molecule has 170 valence electrons. The van der Waals surface area contributed by atoms with Crippen LogP contribution in [0.5, 0.6) is 11.5 Å². The lowest BCUT2D eigenvalue weighted by Gasteiger charge is -2.14. The maximum Gasteiger partial charge on any atom is 0.416 e. The first-order valence-corrected chi connectivity index (χ1v) is 9.93. The number of hydrogen-bond donors (Lipinski definition) is 1. The van der Waals surface area contributed by atoms with Gasteiger partial charge in [0.2, 0.25) is 5.43 Å². The Morgan fingerprint density at radius 1 is 1.06 bits per heavy atom. The Bertz CT molecular complexity index is 1200. The molecule has 0 fully saturated rings. The van der Waals surface area contributed by atoms with E-state index in [1.54, 1.807) is 23.6 Å². The molecule has 0 saturated heterocycles. The van der Waals surface area contributed by atoms with Crippen LogP contribution in [-0.4, -0.2) is 31.2 Å². The summed E-state index contributed by atoms with van der Waals surface area (Å²) in [4.78, 5) is 25.5. The van der Waals surface area contributed by atoms with E-state index >= 15 is 0 Å². The third-order valence-electron chi connectivity index (χ3n) is 5.14. The molecule has 0 saturated carbocycles. The lowest BCUT2D eigenvalue weighted by Crippen LogP contribution is -2.31. The van der Waals surface area contributed by atoms with Crippen LogP contribution in [0.4, 0.5) is 13.2 Å². The molecule has 1 amide bonds. The number of methoxy groups -OCH3 is 2. The Hall–Kier alpha value is -3.49. The summed E-state index contributed by atoms with van der Waals surface area (Å²) in [5.41, 5.74) is -0.657. The fraction of sp³-hybridized carbons (Fsp3) is 0.304. The minimum atomic E-state index is -4.59. The molecule has 1 N–H and O–H groups in total. The van der Waals surface area contributed by atoms with Crippen molar-refractivity contribution in [3.8, 4) is 11.5 Å². The van der Waals surface area contributed by atoms with Gasteiger partial charge in [-0.05, 0) is 49.2 Å². The van der Waals surface area contributed by atoms with Crippen molar-refractivity contribution in [2.24, 2.45) is 0 Å². The van der Waals surface area contributed by atoms with Gasteiger partial charge in [-0.2, -0.15) is 13.2 Å². The molecular weight excluding hydrogens is 425 g/mol. The van der Waals surface area contributed by atoms with Crippen molar-refractivity contribution in [1.82, 2.24) is 9.88 Å². The summed E-state index contributed by atoms with van der Waals surface area (Å²) in [7, 11) is 3.05. The van der Waals surface area contributed by atoms with Gasteiger partial charge in [-0.25, -0.2) is 0 Å². The van der Waals surface area contributed by atoms with Gasteiger partial charge in [0.05, 0.1) is 25.3 Å². The molecule has 0 spiro atoms. The number of aryl methyl sites for hydroxylation is 1. The number of nitrogens with one attached hydrogen (secondary N) is 1. The number of ether oxygens (including phenoxy) is 2. The summed E-state index contributed by atoms with van der Waals surface area (Å²) in [5.74, 6) is 0.490. The summed E-state index contributed by atoms with van der Waals surface area (Å²) in [6.07, 6.45) is -2.75. The van der Waals surface area contributed by atoms with Gasteiger partial charge in [-0.15, -0.1) is 0 Å². The number of alkyl halides is 3. The van der Waals surface area contributed by atoms with Crippen LogP contribution in [0.2, 0.25) is 0 Å². The first kappa shape index (κ1) is 23.2. The predicted octanol–water partition coefficient (Wildman–Crippen LogP) is 4.03. The van der Waals surface area contributed by atoms with E-state index in [0.717, 1.165) is 17.7 Å². The maximum absolute atomic E-state index is 13.1. The minimum Gasteiger partial charge on any atom is -0.493 e. The van der Waals surface area contributed by atoms with Crippen LogP contribution in [0.3, 0.4) is 0 Å². The van der Waals surface area contributed by atoms with Crippen LogP contribution in [0.15, 0.2) is 47.4 Å². The number of carbonyl (C=O) groups is 1. The molecule has 9 heteroatoms. The summed E-state index contributed by atoms with van der Waals surface area (Å²) in [6.45, 7) is 2.38. The topological polar surface area (TPSA) is 69.6 Å². The fourth-order valence-electron chi connectivity index (χ4n) is 3.45. The lowest BCUT2D eigenvalue weighted by atomic mass is 10.1. The number of benzene rings is 2. The van der Waals surface area contributed by atoms with E-state index in [1.807, 2.05) is 6.07 Å². The number of rotatable bonds is 7. The first-order valence-electron chi connectivity index (χ1n) is 9.93. The van der Waals surface area contributed by atoms with E-state index in [0.29, 0.717) is 30.0 Å². The van der Waals surface area contributed by atoms with Gasteiger partial charge in [0.1, 0.15) is 5.56 Å². The van der Waals surface area contributed by atoms with Crippen molar-refractivity contribution >= 4 is 16.8 Å². The number of amides is 1. The molecular formula is C23H23F3N2O4. The number of fused-ring (bicyclic) bond motifs is 1. The summed E-state index contributed by atoms with van der Waals surface area (Å²) in [5, 5.41) is 2.52. The first-order chi connectivity index (χ1) is 15.2. The van der Waals surface area contributed by atoms with Crippen LogP contribution in [0.25, 0.3) is 10.9 Å². The third-order valence-corrected chi connectivity index (χ3v) is 5.14. The summed E-state index contributed by atoms with van der Waals surface area (Å²) < 4.78 is 51.4. The number of hydrogen-bond acceptors (Lipinski definition) is 4. The number of nitrogens with zero attached hydrogens (tertiary/aromatic N) is 1. The molecule has 3 rings (SSSR count). The van der Waals surface area contributed by atoms with Crippen LogP contribution < -0.4 is 20.2 Å². The largest absolute Gasteiger partial charge is 0.493 e. The quantitative estimate of drug-likeness (QED) is 0.593. The highest BCUT2D eigenvalue weighted by molar-refractivity contribution is 5.97. The van der Waals surface area contributed by atoms with Gasteiger partial charge >= 0.3 is 6.18 Å². The normalized spacial score (nSPS) is 11.4. The van der Waals surface area contributed by atoms with Crippen LogP contribution in [0, 0.1) is 0 Å². The maximum atomic E-state index is 13.1. The van der Waals surface area contributed by atoms with Crippen molar-refractivity contribution in [1.29, 1.82) is 0 Å². The standard InChI is InChI=1S/C23H23F3N2O4/c1-4-28-13-17(21(29)16-12-15(23(24,25)26)6-7-18(16)28)22(30)27-10-9-14-5-8-19(31-2)20(11-14)32-3/h5-8,11-13H,4,9-10H2,1-3H3,(H,27,30). The summed E-state index contributed by atoms with van der Waals surface area (Å²) in [6, 6.07) is 8.33. The van der Waals surface area contributed by atoms with Crippen molar-refractivity contribution in [3.63, 3.8) is 0 Å². The Morgan fingerprint density at radius 3 is 2.41 bits per heavy atom. The average molecular weight is 448 g/mol. The zero-order chi connectivity index (χ0) is 23.5. The van der Waals surface area contributed by atoms with E-state index in [1.165, 1.54) is 26.5 Å². The second-order valence-corrected chi connectivity index (χ2v) is 7.08. The zero-order valence-electron chi connectivity index (χ0n) is 17.9. The molecule has 0 aliphatic rings. The molecule has 0 bridgehead atoms. The lowest BCUT2D eigenvalue weighted by molar-refractivity contribution is -0.137. The van der Waals surface area contributed by atoms with Gasteiger partial charge in [0.15, 0.2) is 11.5 Å². The van der Waals surface area contributed by atoms with Gasteiger partial charge in [0.25, 0.3) is 5.91 Å². The molecule has 1 heterocycles. The van der Waals surface area contributed by atoms with Crippen molar-refractivity contribution in [2.45, 2.75) is 26.1 Å². The Morgan fingerprint density at radius 2 is 1.78 bits per heavy atom. The molecule has 0 aliphatic carbocycles. The third kappa shape index (κ3) is 4.71. The Kier molecular flexibility index (Phi) is 6.76. The van der Waals surface area contributed by atoms with Crippen molar-refractivity contribution in [3.05, 3.63) is 69.5 Å². The van der Waals surface area contributed by atoms with Crippen molar-refractivity contribution in [2.75, 3.05) is 20.8 Å². The van der Waals surface area contributed by atoms with Gasteiger partial charge in [0, 0.05) is 24.7 Å². The zero-order valence-corrected chi connectivity index (χ0v) is 17.9.